The van der Waals surface area contributed by atoms with Crippen molar-refractivity contribution in [2.45, 2.75) is 76.9 Å². The maximum atomic E-state index is 11.8. The molecule has 0 aromatic heterocycles. The third kappa shape index (κ3) is 1.94. The molecule has 1 heterocycles. The fourth-order valence-corrected chi connectivity index (χ4v) is 7.57. The molecule has 1 N–H and O–H groups in total. The number of hydrogen-bond donors (Lipinski definition) is 1. The van der Waals surface area contributed by atoms with Crippen LogP contribution in [0.5, 0.6) is 0 Å². The van der Waals surface area contributed by atoms with Crippen molar-refractivity contribution < 1.29 is 14.6 Å². The SMILES string of the molecule is C[C@]12CC[C@@H](O)CC1=CC[C@H]1[C@H]2CC[C@@]2(C)[C@@H]1CC[C@@]21C=CC(=O)O1. The van der Waals surface area contributed by atoms with E-state index in [1.54, 1.807) is 6.08 Å². The van der Waals surface area contributed by atoms with E-state index >= 15 is 0 Å². The van der Waals surface area contributed by atoms with Crippen LogP contribution in [-0.2, 0) is 9.53 Å². The lowest BCUT2D eigenvalue weighted by Gasteiger charge is -2.58. The van der Waals surface area contributed by atoms with Crippen molar-refractivity contribution in [3.05, 3.63) is 23.8 Å². The molecule has 0 aromatic carbocycles. The van der Waals surface area contributed by atoms with Crippen molar-refractivity contribution >= 4 is 5.97 Å². The molecule has 136 valence electrons. The third-order valence-electron chi connectivity index (χ3n) is 9.03. The minimum Gasteiger partial charge on any atom is -0.451 e. The van der Waals surface area contributed by atoms with Crippen LogP contribution in [-0.4, -0.2) is 22.8 Å². The Labute approximate surface area is 150 Å². The summed E-state index contributed by atoms with van der Waals surface area (Å²) in [5, 5.41) is 10.1. The molecule has 1 aliphatic heterocycles. The van der Waals surface area contributed by atoms with Gasteiger partial charge in [-0.3, -0.25) is 0 Å². The zero-order valence-corrected chi connectivity index (χ0v) is 15.5. The van der Waals surface area contributed by atoms with Gasteiger partial charge in [-0.05, 0) is 80.6 Å². The second-order valence-electron chi connectivity index (χ2n) is 9.79. The van der Waals surface area contributed by atoms with Gasteiger partial charge in [-0.1, -0.05) is 25.5 Å². The number of carbonyl (C=O) groups excluding carboxylic acids is 1. The number of aliphatic hydroxyl groups excluding tert-OH is 1. The number of fused-ring (bicyclic) bond motifs is 6. The molecule has 1 spiro atoms. The molecule has 0 bridgehead atoms. The van der Waals surface area contributed by atoms with Crippen molar-refractivity contribution in [1.82, 2.24) is 0 Å². The first-order valence-electron chi connectivity index (χ1n) is 10.2. The summed E-state index contributed by atoms with van der Waals surface area (Å²) in [6.07, 6.45) is 14.7. The fraction of sp³-hybridized carbons (Fsp3) is 0.773. The molecular weight excluding hydrogens is 312 g/mol. The highest BCUT2D eigenvalue weighted by atomic mass is 16.6. The van der Waals surface area contributed by atoms with Gasteiger partial charge >= 0.3 is 5.97 Å². The van der Waals surface area contributed by atoms with Crippen molar-refractivity contribution in [3.63, 3.8) is 0 Å². The predicted molar refractivity (Wildman–Crippen MR) is 95.7 cm³/mol. The summed E-state index contributed by atoms with van der Waals surface area (Å²) >= 11 is 0. The van der Waals surface area contributed by atoms with E-state index in [9.17, 15) is 9.90 Å². The molecule has 7 atom stereocenters. The van der Waals surface area contributed by atoms with E-state index in [1.807, 2.05) is 0 Å². The van der Waals surface area contributed by atoms with Gasteiger partial charge in [0.1, 0.15) is 5.60 Å². The fourth-order valence-electron chi connectivity index (χ4n) is 7.57. The Morgan fingerprint density at radius 3 is 2.68 bits per heavy atom. The maximum Gasteiger partial charge on any atom is 0.331 e. The lowest BCUT2D eigenvalue weighted by Crippen LogP contribution is -2.54. The Kier molecular flexibility index (Phi) is 3.22. The summed E-state index contributed by atoms with van der Waals surface area (Å²) in [5.41, 5.74) is 1.55. The van der Waals surface area contributed by atoms with Gasteiger partial charge in [0.05, 0.1) is 6.10 Å². The lowest BCUT2D eigenvalue weighted by molar-refractivity contribution is -0.162. The van der Waals surface area contributed by atoms with E-state index in [2.05, 4.69) is 26.0 Å². The standard InChI is InChI=1S/C22H30O3/c1-20-9-5-15(23)13-14(20)3-4-16-17(20)6-10-21(2)18(16)7-11-22(21)12-8-19(24)25-22/h3,8,12,15-18,23H,4-7,9-11,13H2,1-2H3/t15-,16+,17-,18-,20+,21+,22-/m1/s1. The van der Waals surface area contributed by atoms with E-state index in [0.717, 1.165) is 44.4 Å². The number of esters is 1. The monoisotopic (exact) mass is 342 g/mol. The van der Waals surface area contributed by atoms with Gasteiger partial charge in [0.2, 0.25) is 0 Å². The van der Waals surface area contributed by atoms with E-state index in [1.165, 1.54) is 18.4 Å². The van der Waals surface area contributed by atoms with Crippen LogP contribution < -0.4 is 0 Å². The first-order valence-corrected chi connectivity index (χ1v) is 10.2. The largest absolute Gasteiger partial charge is 0.451 e. The first kappa shape index (κ1) is 16.1. The lowest BCUT2D eigenvalue weighted by atomic mass is 9.47. The van der Waals surface area contributed by atoms with Crippen LogP contribution in [0.2, 0.25) is 0 Å². The number of ether oxygens (including phenoxy) is 1. The molecule has 4 aliphatic carbocycles. The molecule has 3 saturated carbocycles. The highest BCUT2D eigenvalue weighted by Crippen LogP contribution is 2.68. The molecule has 0 unspecified atom stereocenters. The van der Waals surface area contributed by atoms with Crippen LogP contribution in [0.15, 0.2) is 23.8 Å². The Balaban J connectivity index is 1.50. The third-order valence-corrected chi connectivity index (χ3v) is 9.03. The number of aliphatic hydroxyl groups is 1. The summed E-state index contributed by atoms with van der Waals surface area (Å²) in [5.74, 6) is 1.93. The minimum atomic E-state index is -0.340. The molecule has 25 heavy (non-hydrogen) atoms. The molecule has 0 aromatic rings. The number of allylic oxidation sites excluding steroid dienone is 1. The van der Waals surface area contributed by atoms with Gasteiger partial charge in [0.15, 0.2) is 0 Å². The van der Waals surface area contributed by atoms with Gasteiger partial charge in [-0.25, -0.2) is 4.79 Å². The Bertz CT molecular complexity index is 679. The second-order valence-corrected chi connectivity index (χ2v) is 9.79. The van der Waals surface area contributed by atoms with Crippen molar-refractivity contribution in [3.8, 4) is 0 Å². The highest BCUT2D eigenvalue weighted by molar-refractivity contribution is 5.85. The normalized spacial score (nSPS) is 53.9. The van der Waals surface area contributed by atoms with Gasteiger partial charge in [0.25, 0.3) is 0 Å². The van der Waals surface area contributed by atoms with Crippen molar-refractivity contribution in [2.75, 3.05) is 0 Å². The smallest absolute Gasteiger partial charge is 0.331 e. The van der Waals surface area contributed by atoms with Crippen LogP contribution in [0.3, 0.4) is 0 Å². The van der Waals surface area contributed by atoms with Crippen LogP contribution in [0.4, 0.5) is 0 Å². The second kappa shape index (κ2) is 5.00. The topological polar surface area (TPSA) is 46.5 Å². The molecule has 3 nitrogen and oxygen atoms in total. The van der Waals surface area contributed by atoms with Gasteiger partial charge in [-0.2, -0.15) is 0 Å². The molecule has 0 amide bonds. The van der Waals surface area contributed by atoms with Gasteiger partial charge in [-0.15, -0.1) is 0 Å². The van der Waals surface area contributed by atoms with Gasteiger partial charge in [0, 0.05) is 11.5 Å². The summed E-state index contributed by atoms with van der Waals surface area (Å²) < 4.78 is 5.91. The van der Waals surface area contributed by atoms with Crippen LogP contribution in [0.1, 0.15) is 65.2 Å². The summed E-state index contributed by atoms with van der Waals surface area (Å²) in [7, 11) is 0. The van der Waals surface area contributed by atoms with E-state index in [0.29, 0.717) is 11.8 Å². The quantitative estimate of drug-likeness (QED) is 0.531. The Morgan fingerprint density at radius 1 is 1.12 bits per heavy atom. The summed E-state index contributed by atoms with van der Waals surface area (Å²) in [6, 6.07) is 0. The predicted octanol–water partition coefficient (Wildman–Crippen LogP) is 4.16. The number of carbonyl (C=O) groups is 1. The Morgan fingerprint density at radius 2 is 1.92 bits per heavy atom. The molecule has 3 fully saturated rings. The minimum absolute atomic E-state index is 0.0900. The average molecular weight is 342 g/mol. The molecule has 5 aliphatic rings. The molecule has 0 radical (unpaired) electrons. The maximum absolute atomic E-state index is 11.8. The first-order chi connectivity index (χ1) is 11.9. The molecule has 3 heteroatoms. The van der Waals surface area contributed by atoms with Crippen LogP contribution in [0, 0.1) is 28.6 Å². The molecule has 0 saturated heterocycles. The summed E-state index contributed by atoms with van der Waals surface area (Å²) in [4.78, 5) is 11.8. The van der Waals surface area contributed by atoms with E-state index < -0.39 is 0 Å². The average Bonchev–Trinajstić information content (AvgIpc) is 3.10. The zero-order valence-electron chi connectivity index (χ0n) is 15.5. The van der Waals surface area contributed by atoms with Crippen molar-refractivity contribution in [1.29, 1.82) is 0 Å². The molecular formula is C22H30O3. The number of rotatable bonds is 0. The Hall–Kier alpha value is -1.09. The van der Waals surface area contributed by atoms with Crippen LogP contribution >= 0.6 is 0 Å². The van der Waals surface area contributed by atoms with E-state index in [4.69, 9.17) is 4.74 Å². The zero-order chi connectivity index (χ0) is 17.4. The van der Waals surface area contributed by atoms with E-state index in [-0.39, 0.29) is 28.5 Å². The highest BCUT2D eigenvalue weighted by Gasteiger charge is 2.65. The molecule has 5 rings (SSSR count). The van der Waals surface area contributed by atoms with Crippen molar-refractivity contribution in [2.24, 2.45) is 28.6 Å². The van der Waals surface area contributed by atoms with Gasteiger partial charge < -0.3 is 9.84 Å². The number of hydrogen-bond acceptors (Lipinski definition) is 3. The van der Waals surface area contributed by atoms with Crippen LogP contribution in [0.25, 0.3) is 0 Å². The summed E-state index contributed by atoms with van der Waals surface area (Å²) in [6.45, 7) is 4.85.